The Labute approximate surface area is 229 Å². The summed E-state index contributed by atoms with van der Waals surface area (Å²) in [5.74, 6) is 1.60. The van der Waals surface area contributed by atoms with Gasteiger partial charge in [-0.05, 0) is 60.7 Å². The number of fused-ring (bicyclic) bond motifs is 6. The first-order valence-corrected chi connectivity index (χ1v) is 13.2. The molecule has 3 aromatic rings. The molecule has 3 aromatic carbocycles. The summed E-state index contributed by atoms with van der Waals surface area (Å²) < 4.78 is 11.5. The number of phenolic OH excluding ortho intramolecular Hbond substituents is 1. The molecule has 7 nitrogen and oxygen atoms in total. The maximum absolute atomic E-state index is 12.3. The molecule has 7 rings (SSSR count). The lowest BCUT2D eigenvalue weighted by atomic mass is 9.94. The second-order valence-electron chi connectivity index (χ2n) is 9.72. The molecule has 0 unspecified atom stereocenters. The van der Waals surface area contributed by atoms with Crippen molar-refractivity contribution in [2.24, 2.45) is 0 Å². The minimum absolute atomic E-state index is 0.0286. The molecule has 4 aliphatic rings. The van der Waals surface area contributed by atoms with Crippen LogP contribution in [0.15, 0.2) is 103 Å². The van der Waals surface area contributed by atoms with E-state index in [2.05, 4.69) is 31.0 Å². The summed E-state index contributed by atoms with van der Waals surface area (Å²) >= 11 is 0. The highest BCUT2D eigenvalue weighted by atomic mass is 16.3. The maximum atomic E-state index is 12.3. The fraction of sp³-hybridized carbons (Fsp3) is 0.152. The molecular weight excluding hydrogens is 504 g/mol. The van der Waals surface area contributed by atoms with Crippen LogP contribution in [0.1, 0.15) is 38.2 Å². The summed E-state index contributed by atoms with van der Waals surface area (Å²) in [6.45, 7) is 4.40. The number of rotatable bonds is 3. The standard InChI is InChI=1S/C21H19NO2.C12H7NO3/c1-3-13(4-2)14-9-10-17-19(11-14)24-20-12-18(23)15-7-5-6-8-16(15)21(20)22-17;14-7-1-3-9-11(5-7)16-12-6-8(15)2-4-10(12)13-9/h5-13H,3-4H2,1-2H3;1-6,14H. The zero-order valence-electron chi connectivity index (χ0n) is 22.0. The van der Waals surface area contributed by atoms with Crippen molar-refractivity contribution in [3.8, 4) is 28.7 Å². The molecule has 0 aromatic heterocycles. The minimum Gasteiger partial charge on any atom is -0.508 e. The van der Waals surface area contributed by atoms with Gasteiger partial charge in [-0.1, -0.05) is 44.2 Å². The lowest BCUT2D eigenvalue weighted by molar-refractivity contribution is 0.474. The summed E-state index contributed by atoms with van der Waals surface area (Å²) in [6, 6.07) is 24.4. The molecule has 2 aliphatic heterocycles. The van der Waals surface area contributed by atoms with Crippen LogP contribution in [-0.2, 0) is 0 Å². The van der Waals surface area contributed by atoms with E-state index in [4.69, 9.17) is 13.8 Å². The molecule has 0 saturated heterocycles. The molecule has 40 heavy (non-hydrogen) atoms. The van der Waals surface area contributed by atoms with E-state index in [9.17, 15) is 14.7 Å². The lowest BCUT2D eigenvalue weighted by Gasteiger charge is -2.14. The third-order valence-electron chi connectivity index (χ3n) is 7.17. The van der Waals surface area contributed by atoms with E-state index in [-0.39, 0.29) is 16.6 Å². The van der Waals surface area contributed by atoms with E-state index >= 15 is 0 Å². The number of aromatic hydroxyl groups is 1. The highest BCUT2D eigenvalue weighted by Gasteiger charge is 2.16. The second-order valence-corrected chi connectivity index (χ2v) is 9.72. The SMILES string of the molecule is CCC(CC)c1ccc2nc3c4ccccc4c(=O)cc-3oc2c1.O=c1ccc2nc3ccc(O)cc3oc-2c1. The number of phenols is 1. The predicted molar refractivity (Wildman–Crippen MR) is 156 cm³/mol. The van der Waals surface area contributed by atoms with Crippen LogP contribution in [0.5, 0.6) is 5.75 Å². The first kappa shape index (κ1) is 25.2. The zero-order valence-corrected chi connectivity index (χ0v) is 22.0. The van der Waals surface area contributed by atoms with Crippen molar-refractivity contribution < 1.29 is 13.9 Å². The molecule has 0 atom stereocenters. The van der Waals surface area contributed by atoms with E-state index in [1.165, 1.54) is 23.8 Å². The third kappa shape index (κ3) is 4.66. The Bertz CT molecular complexity index is 2060. The molecule has 0 spiro atoms. The number of aromatic nitrogens is 2. The van der Waals surface area contributed by atoms with Crippen LogP contribution in [0.25, 0.3) is 55.9 Å². The van der Waals surface area contributed by atoms with Gasteiger partial charge in [-0.3, -0.25) is 9.59 Å². The van der Waals surface area contributed by atoms with Crippen molar-refractivity contribution in [2.45, 2.75) is 32.6 Å². The number of hydrogen-bond donors (Lipinski definition) is 1. The lowest BCUT2D eigenvalue weighted by Crippen LogP contribution is -2.04. The predicted octanol–water partition coefficient (Wildman–Crippen LogP) is 7.35. The highest BCUT2D eigenvalue weighted by molar-refractivity contribution is 5.96. The smallest absolute Gasteiger partial charge is 0.190 e. The Balaban J connectivity index is 0.000000157. The second kappa shape index (κ2) is 10.3. The minimum atomic E-state index is -0.127. The van der Waals surface area contributed by atoms with Crippen molar-refractivity contribution in [2.75, 3.05) is 0 Å². The quantitative estimate of drug-likeness (QED) is 0.188. The van der Waals surface area contributed by atoms with Crippen LogP contribution in [0, 0.1) is 0 Å². The average Bonchev–Trinajstić information content (AvgIpc) is 2.96. The van der Waals surface area contributed by atoms with Crippen molar-refractivity contribution in [3.63, 3.8) is 0 Å². The van der Waals surface area contributed by atoms with Crippen molar-refractivity contribution in [1.82, 2.24) is 9.97 Å². The monoisotopic (exact) mass is 530 g/mol. The van der Waals surface area contributed by atoms with Gasteiger partial charge in [0.1, 0.15) is 28.2 Å². The maximum Gasteiger partial charge on any atom is 0.190 e. The van der Waals surface area contributed by atoms with Gasteiger partial charge in [-0.2, -0.15) is 0 Å². The van der Waals surface area contributed by atoms with Crippen LogP contribution >= 0.6 is 0 Å². The molecule has 0 bridgehead atoms. The third-order valence-corrected chi connectivity index (χ3v) is 7.17. The highest BCUT2D eigenvalue weighted by Crippen LogP contribution is 2.32. The van der Waals surface area contributed by atoms with Gasteiger partial charge in [-0.25, -0.2) is 9.97 Å². The Morgan fingerprint density at radius 3 is 2.23 bits per heavy atom. The van der Waals surface area contributed by atoms with Crippen LogP contribution in [-0.4, -0.2) is 15.1 Å². The molecule has 1 N–H and O–H groups in total. The van der Waals surface area contributed by atoms with E-state index < -0.39 is 0 Å². The molecule has 0 saturated carbocycles. The molecule has 0 fully saturated rings. The van der Waals surface area contributed by atoms with E-state index in [0.29, 0.717) is 39.6 Å². The molecule has 2 aliphatic carbocycles. The van der Waals surface area contributed by atoms with Gasteiger partial charge in [0.2, 0.25) is 0 Å². The summed E-state index contributed by atoms with van der Waals surface area (Å²) in [5, 5.41) is 10.8. The summed E-state index contributed by atoms with van der Waals surface area (Å²) in [5.41, 5.74) is 5.13. The number of hydrogen-bond acceptors (Lipinski definition) is 7. The van der Waals surface area contributed by atoms with Crippen molar-refractivity contribution >= 4 is 33.0 Å². The van der Waals surface area contributed by atoms with Crippen LogP contribution in [0.2, 0.25) is 0 Å². The first-order chi connectivity index (χ1) is 19.4. The number of benzene rings is 5. The Kier molecular flexibility index (Phi) is 6.48. The normalized spacial score (nSPS) is 11.5. The molecule has 0 radical (unpaired) electrons. The van der Waals surface area contributed by atoms with E-state index in [1.54, 1.807) is 24.3 Å². The molecule has 198 valence electrons. The Morgan fingerprint density at radius 2 is 1.43 bits per heavy atom. The van der Waals surface area contributed by atoms with Crippen LogP contribution < -0.4 is 10.9 Å². The van der Waals surface area contributed by atoms with Gasteiger partial charge in [-0.15, -0.1) is 0 Å². The summed E-state index contributed by atoms with van der Waals surface area (Å²) in [6.07, 6.45) is 2.19. The molecular formula is C33H26N2O5. The Morgan fingerprint density at radius 1 is 0.725 bits per heavy atom. The largest absolute Gasteiger partial charge is 0.508 e. The van der Waals surface area contributed by atoms with E-state index in [0.717, 1.165) is 35.0 Å². The van der Waals surface area contributed by atoms with Gasteiger partial charge in [0.15, 0.2) is 33.5 Å². The fourth-order valence-electron chi connectivity index (χ4n) is 5.05. The van der Waals surface area contributed by atoms with Gasteiger partial charge in [0.25, 0.3) is 0 Å². The van der Waals surface area contributed by atoms with Gasteiger partial charge in [0, 0.05) is 29.0 Å². The van der Waals surface area contributed by atoms with Gasteiger partial charge < -0.3 is 13.9 Å². The Hall–Kier alpha value is -5.04. The van der Waals surface area contributed by atoms with Gasteiger partial charge in [0.05, 0.1) is 0 Å². The average molecular weight is 531 g/mol. The van der Waals surface area contributed by atoms with Crippen LogP contribution in [0.3, 0.4) is 0 Å². The van der Waals surface area contributed by atoms with Crippen LogP contribution in [0.4, 0.5) is 0 Å². The molecule has 0 amide bonds. The van der Waals surface area contributed by atoms with Gasteiger partial charge >= 0.3 is 0 Å². The molecule has 7 heteroatoms. The van der Waals surface area contributed by atoms with Crippen molar-refractivity contribution in [1.29, 1.82) is 0 Å². The fourth-order valence-corrected chi connectivity index (χ4v) is 5.05. The molecule has 2 heterocycles. The topological polar surface area (TPSA) is 106 Å². The summed E-state index contributed by atoms with van der Waals surface area (Å²) in [7, 11) is 0. The summed E-state index contributed by atoms with van der Waals surface area (Å²) in [4.78, 5) is 32.5. The first-order valence-electron chi connectivity index (χ1n) is 13.2. The zero-order chi connectivity index (χ0) is 27.8. The number of nitrogens with zero attached hydrogens (tertiary/aromatic N) is 2. The van der Waals surface area contributed by atoms with E-state index in [1.807, 2.05) is 30.3 Å². The van der Waals surface area contributed by atoms with Crippen molar-refractivity contribution in [3.05, 3.63) is 111 Å².